The number of aliphatic hydroxyl groups is 1. The van der Waals surface area contributed by atoms with Gasteiger partial charge in [-0.2, -0.15) is 11.3 Å². The van der Waals surface area contributed by atoms with E-state index in [1.807, 2.05) is 46.7 Å². The van der Waals surface area contributed by atoms with Gasteiger partial charge in [-0.3, -0.25) is 4.79 Å². The number of hydrogen-bond donors (Lipinski definition) is 2. The lowest BCUT2D eigenvalue weighted by Gasteiger charge is -2.41. The van der Waals surface area contributed by atoms with Gasteiger partial charge in [0, 0.05) is 32.1 Å². The Kier molecular flexibility index (Phi) is 6.39. The van der Waals surface area contributed by atoms with Crippen molar-refractivity contribution in [3.63, 3.8) is 0 Å². The second kappa shape index (κ2) is 9.18. The summed E-state index contributed by atoms with van der Waals surface area (Å²) >= 11 is 1.65. The molecule has 2 heterocycles. The highest BCUT2D eigenvalue weighted by atomic mass is 32.1. The van der Waals surface area contributed by atoms with Crippen molar-refractivity contribution in [1.29, 1.82) is 0 Å². The third-order valence-corrected chi connectivity index (χ3v) is 7.11. The Morgan fingerprint density at radius 1 is 1.10 bits per heavy atom. The maximum absolute atomic E-state index is 13.6. The van der Waals surface area contributed by atoms with Crippen molar-refractivity contribution in [3.8, 4) is 0 Å². The summed E-state index contributed by atoms with van der Waals surface area (Å²) in [6.07, 6.45) is 3.91. The van der Waals surface area contributed by atoms with Crippen LogP contribution in [0.4, 0.5) is 0 Å². The van der Waals surface area contributed by atoms with Gasteiger partial charge in [0.2, 0.25) is 0 Å². The molecular formula is C23H30N4O2S. The van der Waals surface area contributed by atoms with E-state index in [1.165, 1.54) is 0 Å². The van der Waals surface area contributed by atoms with Gasteiger partial charge in [-0.05, 0) is 40.8 Å². The highest BCUT2D eigenvalue weighted by molar-refractivity contribution is 7.07. The van der Waals surface area contributed by atoms with Crippen LogP contribution >= 0.6 is 11.3 Å². The van der Waals surface area contributed by atoms with E-state index in [0.717, 1.165) is 31.2 Å². The molecule has 6 nitrogen and oxygen atoms in total. The number of benzene rings is 1. The van der Waals surface area contributed by atoms with E-state index in [1.54, 1.807) is 16.2 Å². The van der Waals surface area contributed by atoms with Crippen LogP contribution in [0.15, 0.2) is 52.2 Å². The summed E-state index contributed by atoms with van der Waals surface area (Å²) < 4.78 is 0. The van der Waals surface area contributed by atoms with Gasteiger partial charge in [-0.25, -0.2) is 4.99 Å². The number of thiophene rings is 1. The van der Waals surface area contributed by atoms with Crippen LogP contribution in [0.2, 0.25) is 0 Å². The summed E-state index contributed by atoms with van der Waals surface area (Å²) in [5, 5.41) is 15.8. The molecule has 0 radical (unpaired) electrons. The number of carbonyl (C=O) groups is 1. The predicted octanol–water partition coefficient (Wildman–Crippen LogP) is 2.79. The van der Waals surface area contributed by atoms with Crippen LogP contribution in [0.5, 0.6) is 0 Å². The number of piperazine rings is 1. The fraction of sp³-hybridized carbons (Fsp3) is 0.478. The number of carbonyl (C=O) groups excluding carboxylic acids is 1. The first-order chi connectivity index (χ1) is 14.6. The van der Waals surface area contributed by atoms with E-state index in [0.29, 0.717) is 44.2 Å². The van der Waals surface area contributed by atoms with Crippen molar-refractivity contribution in [3.05, 3.63) is 58.3 Å². The Bertz CT molecular complexity index is 857. The lowest BCUT2D eigenvalue weighted by molar-refractivity contribution is -0.160. The van der Waals surface area contributed by atoms with Crippen LogP contribution in [-0.2, 0) is 16.9 Å². The molecule has 2 aliphatic rings. The van der Waals surface area contributed by atoms with Crippen LogP contribution in [0, 0.1) is 5.92 Å². The molecule has 30 heavy (non-hydrogen) atoms. The summed E-state index contributed by atoms with van der Waals surface area (Å²) in [6, 6.07) is 11.5. The number of amides is 1. The highest BCUT2D eigenvalue weighted by Crippen LogP contribution is 2.42. The number of nitrogens with two attached hydrogens (primary N) is 1. The molecule has 1 aliphatic carbocycles. The number of aliphatic imine (C=N–C) groups is 1. The molecule has 2 fully saturated rings. The summed E-state index contributed by atoms with van der Waals surface area (Å²) in [5.41, 5.74) is 6.61. The van der Waals surface area contributed by atoms with Crippen molar-refractivity contribution in [2.24, 2.45) is 16.6 Å². The molecule has 0 bridgehead atoms. The van der Waals surface area contributed by atoms with E-state index >= 15 is 0 Å². The first kappa shape index (κ1) is 20.9. The zero-order valence-electron chi connectivity index (χ0n) is 17.2. The number of rotatable bonds is 5. The van der Waals surface area contributed by atoms with Gasteiger partial charge in [0.05, 0.1) is 6.54 Å². The van der Waals surface area contributed by atoms with Gasteiger partial charge in [-0.15, -0.1) is 0 Å². The fourth-order valence-electron chi connectivity index (χ4n) is 4.60. The van der Waals surface area contributed by atoms with E-state index < -0.39 is 5.60 Å². The van der Waals surface area contributed by atoms with Gasteiger partial charge in [-0.1, -0.05) is 43.2 Å². The largest absolute Gasteiger partial charge is 0.375 e. The highest BCUT2D eigenvalue weighted by Gasteiger charge is 2.48. The molecule has 1 aromatic heterocycles. The minimum Gasteiger partial charge on any atom is -0.375 e. The minimum atomic E-state index is -1.45. The van der Waals surface area contributed by atoms with Crippen LogP contribution in [0.25, 0.3) is 0 Å². The van der Waals surface area contributed by atoms with Gasteiger partial charge in [0.15, 0.2) is 11.6 Å². The summed E-state index contributed by atoms with van der Waals surface area (Å²) in [6.45, 7) is 2.90. The number of hydrogen-bond acceptors (Lipinski definition) is 4. The molecule has 1 atom stereocenters. The average molecular weight is 427 g/mol. The molecule has 1 saturated heterocycles. The molecular weight excluding hydrogens is 396 g/mol. The summed E-state index contributed by atoms with van der Waals surface area (Å²) in [7, 11) is 0. The molecule has 1 unspecified atom stereocenters. The molecule has 1 amide bonds. The van der Waals surface area contributed by atoms with E-state index in [-0.39, 0.29) is 11.8 Å². The molecule has 3 N–H and O–H groups in total. The van der Waals surface area contributed by atoms with E-state index in [2.05, 4.69) is 10.4 Å². The Labute approximate surface area is 182 Å². The number of nitrogens with zero attached hydrogens (tertiary/aromatic N) is 3. The van der Waals surface area contributed by atoms with Crippen LogP contribution in [0.3, 0.4) is 0 Å². The molecule has 1 aliphatic heterocycles. The minimum absolute atomic E-state index is 0.0253. The first-order valence-corrected chi connectivity index (χ1v) is 11.7. The van der Waals surface area contributed by atoms with Crippen LogP contribution < -0.4 is 5.73 Å². The molecule has 0 spiro atoms. The topological polar surface area (TPSA) is 82.2 Å². The zero-order valence-corrected chi connectivity index (χ0v) is 18.1. The first-order valence-electron chi connectivity index (χ1n) is 10.7. The van der Waals surface area contributed by atoms with Gasteiger partial charge in [0.25, 0.3) is 5.91 Å². The average Bonchev–Trinajstić information content (AvgIpc) is 3.52. The Balaban J connectivity index is 1.43. The second-order valence-corrected chi connectivity index (χ2v) is 8.98. The lowest BCUT2D eigenvalue weighted by atomic mass is 9.79. The Hall–Kier alpha value is -2.38. The van der Waals surface area contributed by atoms with Crippen LogP contribution in [-0.4, -0.2) is 53.0 Å². The Morgan fingerprint density at radius 2 is 1.77 bits per heavy atom. The molecule has 4 rings (SSSR count). The van der Waals surface area contributed by atoms with Gasteiger partial charge >= 0.3 is 0 Å². The summed E-state index contributed by atoms with van der Waals surface area (Å²) in [5.74, 6) is 0.319. The maximum Gasteiger partial charge on any atom is 0.259 e. The maximum atomic E-state index is 13.6. The second-order valence-electron chi connectivity index (χ2n) is 8.20. The lowest BCUT2D eigenvalue weighted by Crippen LogP contribution is -2.58. The SMILES string of the molecule is NC(=NCc1ccsc1)N1CCN(C(=O)C(O)(c2ccccc2)C2CCCC2)CC1. The Morgan fingerprint density at radius 3 is 2.40 bits per heavy atom. The smallest absolute Gasteiger partial charge is 0.259 e. The predicted molar refractivity (Wildman–Crippen MR) is 120 cm³/mol. The molecule has 160 valence electrons. The monoisotopic (exact) mass is 426 g/mol. The zero-order chi connectivity index (χ0) is 21.0. The van der Waals surface area contributed by atoms with Crippen molar-refractivity contribution in [2.45, 2.75) is 37.8 Å². The van der Waals surface area contributed by atoms with Crippen molar-refractivity contribution < 1.29 is 9.90 Å². The van der Waals surface area contributed by atoms with Crippen molar-refractivity contribution in [1.82, 2.24) is 9.80 Å². The van der Waals surface area contributed by atoms with Crippen LogP contribution in [0.1, 0.15) is 36.8 Å². The fourth-order valence-corrected chi connectivity index (χ4v) is 5.26. The normalized spacial score (nSPS) is 20.4. The molecule has 1 saturated carbocycles. The van der Waals surface area contributed by atoms with Gasteiger partial charge in [0.1, 0.15) is 0 Å². The third-order valence-electron chi connectivity index (χ3n) is 6.38. The number of guanidine groups is 1. The third kappa shape index (κ3) is 4.23. The van der Waals surface area contributed by atoms with Crippen molar-refractivity contribution >= 4 is 23.2 Å². The van der Waals surface area contributed by atoms with Crippen molar-refractivity contribution in [2.75, 3.05) is 26.2 Å². The van der Waals surface area contributed by atoms with E-state index in [9.17, 15) is 9.90 Å². The molecule has 1 aromatic carbocycles. The quantitative estimate of drug-likeness (QED) is 0.569. The standard InChI is InChI=1S/C23H30N4O2S/c24-22(25-16-18-10-15-30-17-18)27-13-11-26(12-14-27)21(28)23(29,20-8-4-5-9-20)19-6-2-1-3-7-19/h1-3,6-7,10,15,17,20,29H,4-5,8-9,11-14,16H2,(H2,24,25). The van der Waals surface area contributed by atoms with E-state index in [4.69, 9.17) is 5.73 Å². The molecule has 7 heteroatoms. The molecule has 2 aromatic rings. The summed E-state index contributed by atoms with van der Waals surface area (Å²) in [4.78, 5) is 21.9. The van der Waals surface area contributed by atoms with Gasteiger partial charge < -0.3 is 20.6 Å².